The summed E-state index contributed by atoms with van der Waals surface area (Å²) in [6, 6.07) is 6.58. The molecule has 2 N–H and O–H groups in total. The fourth-order valence-corrected chi connectivity index (χ4v) is 3.42. The Morgan fingerprint density at radius 3 is 2.59 bits per heavy atom. The number of rotatable bonds is 4. The zero-order chi connectivity index (χ0) is 12.3. The van der Waals surface area contributed by atoms with Crippen LogP contribution in [0.5, 0.6) is 0 Å². The molecule has 0 saturated heterocycles. The predicted octanol–water partition coefficient (Wildman–Crippen LogP) is 3.55. The highest BCUT2D eigenvalue weighted by molar-refractivity contribution is 8.01. The van der Waals surface area contributed by atoms with Crippen LogP contribution in [0.3, 0.4) is 0 Å². The van der Waals surface area contributed by atoms with E-state index in [4.69, 9.17) is 5.73 Å². The van der Waals surface area contributed by atoms with E-state index in [1.165, 1.54) is 16.7 Å². The second kappa shape index (κ2) is 5.67. The molecule has 0 spiro atoms. The van der Waals surface area contributed by atoms with Gasteiger partial charge in [-0.25, -0.2) is 4.98 Å². The maximum absolute atomic E-state index is 6.21. The highest BCUT2D eigenvalue weighted by Gasteiger charge is 2.08. The van der Waals surface area contributed by atoms with Gasteiger partial charge in [-0.1, -0.05) is 41.1 Å². The lowest BCUT2D eigenvalue weighted by atomic mass is 10.0. The molecule has 1 unspecified atom stereocenters. The van der Waals surface area contributed by atoms with Gasteiger partial charge in [0.1, 0.15) is 4.34 Å². The van der Waals surface area contributed by atoms with Crippen molar-refractivity contribution in [2.75, 3.05) is 5.75 Å². The van der Waals surface area contributed by atoms with Crippen LogP contribution >= 0.6 is 23.1 Å². The Hall–Kier alpha value is -0.840. The Bertz CT molecular complexity index is 460. The molecule has 17 heavy (non-hydrogen) atoms. The molecule has 1 atom stereocenters. The largest absolute Gasteiger partial charge is 0.323 e. The molecule has 4 heteroatoms. The summed E-state index contributed by atoms with van der Waals surface area (Å²) >= 11 is 3.39. The Morgan fingerprint density at radius 2 is 2.00 bits per heavy atom. The smallest absolute Gasteiger partial charge is 0.149 e. The van der Waals surface area contributed by atoms with Gasteiger partial charge in [0, 0.05) is 23.4 Å². The van der Waals surface area contributed by atoms with Gasteiger partial charge in [0.25, 0.3) is 0 Å². The van der Waals surface area contributed by atoms with Crippen LogP contribution in [0.2, 0.25) is 0 Å². The number of benzene rings is 1. The van der Waals surface area contributed by atoms with Crippen molar-refractivity contribution in [2.24, 2.45) is 5.73 Å². The first-order valence-corrected chi connectivity index (χ1v) is 7.38. The molecule has 0 fully saturated rings. The molecular formula is C13H16N2S2. The first-order valence-electron chi connectivity index (χ1n) is 5.51. The van der Waals surface area contributed by atoms with Gasteiger partial charge in [-0.15, -0.1) is 11.3 Å². The highest BCUT2D eigenvalue weighted by atomic mass is 32.2. The first-order chi connectivity index (χ1) is 8.15. The molecule has 0 saturated carbocycles. The van der Waals surface area contributed by atoms with Gasteiger partial charge in [0.2, 0.25) is 0 Å². The van der Waals surface area contributed by atoms with Crippen LogP contribution in [-0.2, 0) is 0 Å². The molecule has 0 bridgehead atoms. The summed E-state index contributed by atoms with van der Waals surface area (Å²) in [7, 11) is 0. The molecule has 1 aromatic carbocycles. The van der Waals surface area contributed by atoms with Crippen molar-refractivity contribution >= 4 is 23.1 Å². The number of hydrogen-bond acceptors (Lipinski definition) is 4. The number of hydrogen-bond donors (Lipinski definition) is 1. The molecular weight excluding hydrogens is 248 g/mol. The molecule has 1 aromatic heterocycles. The van der Waals surface area contributed by atoms with Crippen molar-refractivity contribution in [1.82, 2.24) is 4.98 Å². The van der Waals surface area contributed by atoms with Crippen LogP contribution in [0.25, 0.3) is 0 Å². The van der Waals surface area contributed by atoms with Gasteiger partial charge in [-0.3, -0.25) is 0 Å². The summed E-state index contributed by atoms with van der Waals surface area (Å²) in [5.74, 6) is 0.871. The average molecular weight is 264 g/mol. The second-order valence-electron chi connectivity index (χ2n) is 4.14. The maximum atomic E-state index is 6.21. The Labute approximate surface area is 110 Å². The van der Waals surface area contributed by atoms with Crippen molar-refractivity contribution in [3.8, 4) is 0 Å². The summed E-state index contributed by atoms with van der Waals surface area (Å²) in [6.07, 6.45) is 1.83. The molecule has 1 heterocycles. The van der Waals surface area contributed by atoms with E-state index in [1.54, 1.807) is 23.1 Å². The quantitative estimate of drug-likeness (QED) is 0.858. The fraction of sp³-hybridized carbons (Fsp3) is 0.308. The highest BCUT2D eigenvalue weighted by Crippen LogP contribution is 2.25. The number of aryl methyl sites for hydroxylation is 2. The molecule has 90 valence electrons. The van der Waals surface area contributed by atoms with E-state index >= 15 is 0 Å². The van der Waals surface area contributed by atoms with E-state index in [2.05, 4.69) is 37.0 Å². The average Bonchev–Trinajstić information content (AvgIpc) is 2.77. The van der Waals surface area contributed by atoms with E-state index in [1.807, 2.05) is 11.6 Å². The van der Waals surface area contributed by atoms with Gasteiger partial charge < -0.3 is 5.73 Å². The van der Waals surface area contributed by atoms with E-state index in [9.17, 15) is 0 Å². The summed E-state index contributed by atoms with van der Waals surface area (Å²) in [6.45, 7) is 4.22. The third kappa shape index (κ3) is 3.56. The van der Waals surface area contributed by atoms with Crippen molar-refractivity contribution in [3.63, 3.8) is 0 Å². The Balaban J connectivity index is 2.01. The minimum atomic E-state index is 0.0718. The molecule has 0 aliphatic rings. The van der Waals surface area contributed by atoms with Gasteiger partial charge in [-0.2, -0.15) is 0 Å². The Morgan fingerprint density at radius 1 is 1.29 bits per heavy atom. The third-order valence-electron chi connectivity index (χ3n) is 2.47. The number of nitrogens with two attached hydrogens (primary N) is 1. The van der Waals surface area contributed by atoms with Crippen molar-refractivity contribution in [3.05, 3.63) is 46.5 Å². The topological polar surface area (TPSA) is 38.9 Å². The lowest BCUT2D eigenvalue weighted by Crippen LogP contribution is -2.13. The summed E-state index contributed by atoms with van der Waals surface area (Å²) < 4.78 is 1.09. The summed E-state index contributed by atoms with van der Waals surface area (Å²) in [5, 5.41) is 1.99. The second-order valence-corrected chi connectivity index (χ2v) is 6.30. The lowest BCUT2D eigenvalue weighted by molar-refractivity contribution is 0.828. The molecule has 0 aliphatic heterocycles. The predicted molar refractivity (Wildman–Crippen MR) is 75.7 cm³/mol. The number of thiazole rings is 1. The van der Waals surface area contributed by atoms with Gasteiger partial charge in [0.15, 0.2) is 0 Å². The number of aromatic nitrogens is 1. The normalized spacial score (nSPS) is 12.6. The first kappa shape index (κ1) is 12.6. The van der Waals surface area contributed by atoms with E-state index in [0.717, 1.165) is 10.1 Å². The minimum Gasteiger partial charge on any atom is -0.323 e. The zero-order valence-electron chi connectivity index (χ0n) is 10.0. The van der Waals surface area contributed by atoms with Crippen molar-refractivity contribution in [2.45, 2.75) is 24.2 Å². The molecule has 0 aliphatic carbocycles. The van der Waals surface area contributed by atoms with Crippen molar-refractivity contribution < 1.29 is 0 Å². The lowest BCUT2D eigenvalue weighted by Gasteiger charge is -2.12. The van der Waals surface area contributed by atoms with E-state index < -0.39 is 0 Å². The number of nitrogens with zero attached hydrogens (tertiary/aromatic N) is 1. The standard InChI is InChI=1S/C13H16N2S2/c1-9-5-10(2)7-11(6-9)12(14)8-17-13-15-3-4-16-13/h3-7,12H,8,14H2,1-2H3. The molecule has 0 amide bonds. The molecule has 0 radical (unpaired) electrons. The van der Waals surface area contributed by atoms with Crippen LogP contribution in [0.15, 0.2) is 34.1 Å². The van der Waals surface area contributed by atoms with Crippen molar-refractivity contribution in [1.29, 1.82) is 0 Å². The van der Waals surface area contributed by atoms with Crippen LogP contribution < -0.4 is 5.73 Å². The van der Waals surface area contributed by atoms with Crippen LogP contribution in [-0.4, -0.2) is 10.7 Å². The summed E-state index contributed by atoms with van der Waals surface area (Å²) in [4.78, 5) is 4.24. The van der Waals surface area contributed by atoms with Crippen LogP contribution in [0.1, 0.15) is 22.7 Å². The van der Waals surface area contributed by atoms with E-state index in [0.29, 0.717) is 0 Å². The third-order valence-corrected chi connectivity index (χ3v) is 4.55. The number of thioether (sulfide) groups is 1. The Kier molecular flexibility index (Phi) is 4.20. The van der Waals surface area contributed by atoms with E-state index in [-0.39, 0.29) is 6.04 Å². The van der Waals surface area contributed by atoms with Crippen LogP contribution in [0.4, 0.5) is 0 Å². The van der Waals surface area contributed by atoms with Gasteiger partial charge >= 0.3 is 0 Å². The molecule has 2 aromatic rings. The fourth-order valence-electron chi connectivity index (χ4n) is 1.76. The van der Waals surface area contributed by atoms with Gasteiger partial charge in [0.05, 0.1) is 0 Å². The zero-order valence-corrected chi connectivity index (χ0v) is 11.6. The van der Waals surface area contributed by atoms with Gasteiger partial charge in [-0.05, 0) is 19.4 Å². The minimum absolute atomic E-state index is 0.0718. The monoisotopic (exact) mass is 264 g/mol. The molecule has 2 rings (SSSR count). The maximum Gasteiger partial charge on any atom is 0.149 e. The SMILES string of the molecule is Cc1cc(C)cc(C(N)CSc2nccs2)c1. The van der Waals surface area contributed by atoms with Crippen LogP contribution in [0, 0.1) is 13.8 Å². The molecule has 2 nitrogen and oxygen atoms in total. The summed E-state index contributed by atoms with van der Waals surface area (Å²) in [5.41, 5.74) is 9.97.